The molecule has 0 aromatic heterocycles. The number of benzene rings is 1. The SMILES string of the molecule is CO[C@@]12C[C@H]3C[C@@H](C1)C(C(N=[N+]=[N-])c1ccccc1)[C@](O)(C3)C2. The van der Waals surface area contributed by atoms with Crippen LogP contribution in [0, 0.1) is 17.8 Å². The van der Waals surface area contributed by atoms with Crippen LogP contribution < -0.4 is 0 Å². The normalized spacial score (nSPS) is 42.3. The molecule has 0 saturated heterocycles. The van der Waals surface area contributed by atoms with E-state index in [1.807, 2.05) is 30.3 Å². The molecule has 23 heavy (non-hydrogen) atoms. The molecule has 0 spiro atoms. The third kappa shape index (κ3) is 2.26. The van der Waals surface area contributed by atoms with Crippen molar-refractivity contribution in [3.8, 4) is 0 Å². The topological polar surface area (TPSA) is 78.2 Å². The first-order valence-electron chi connectivity index (χ1n) is 8.46. The molecule has 1 N–H and O–H groups in total. The molecule has 6 atom stereocenters. The predicted molar refractivity (Wildman–Crippen MR) is 86.6 cm³/mol. The van der Waals surface area contributed by atoms with Crippen molar-refractivity contribution < 1.29 is 9.84 Å². The highest BCUT2D eigenvalue weighted by Crippen LogP contribution is 2.64. The summed E-state index contributed by atoms with van der Waals surface area (Å²) in [5.74, 6) is 0.878. The van der Waals surface area contributed by atoms with E-state index in [4.69, 9.17) is 10.3 Å². The standard InChI is InChI=1S/C18H23N3O2/c1-23-17-8-12-7-14(10-17)15(18(22,9-12)11-17)16(20-21-19)13-5-3-2-4-6-13/h2-6,12,14-16,22H,7-11H2,1H3/t12-,14+,15?,16?,17+,18+/m1/s1. The average Bonchev–Trinajstić information content (AvgIpc) is 2.53. The lowest BCUT2D eigenvalue weighted by molar-refractivity contribution is -0.244. The maximum absolute atomic E-state index is 11.5. The molecule has 0 heterocycles. The smallest absolute Gasteiger partial charge is 0.0715 e. The van der Waals surface area contributed by atoms with Crippen LogP contribution >= 0.6 is 0 Å². The number of hydrogen-bond donors (Lipinski definition) is 1. The Kier molecular flexibility index (Phi) is 3.41. The monoisotopic (exact) mass is 313 g/mol. The molecule has 5 heteroatoms. The van der Waals surface area contributed by atoms with Gasteiger partial charge in [0.2, 0.25) is 0 Å². The van der Waals surface area contributed by atoms with Gasteiger partial charge in [-0.05, 0) is 48.6 Å². The van der Waals surface area contributed by atoms with Crippen LogP contribution in [-0.4, -0.2) is 23.4 Å². The first kappa shape index (κ1) is 15.0. The van der Waals surface area contributed by atoms with Gasteiger partial charge in [0.15, 0.2) is 0 Å². The van der Waals surface area contributed by atoms with Gasteiger partial charge in [-0.15, -0.1) is 0 Å². The average molecular weight is 313 g/mol. The number of nitrogens with zero attached hydrogens (tertiary/aromatic N) is 3. The van der Waals surface area contributed by atoms with Gasteiger partial charge in [-0.1, -0.05) is 35.4 Å². The molecule has 1 aromatic rings. The maximum atomic E-state index is 11.5. The Morgan fingerprint density at radius 2 is 2.09 bits per heavy atom. The van der Waals surface area contributed by atoms with Crippen LogP contribution in [0.25, 0.3) is 10.4 Å². The predicted octanol–water partition coefficient (Wildman–Crippen LogP) is 3.99. The Morgan fingerprint density at radius 3 is 2.74 bits per heavy atom. The summed E-state index contributed by atoms with van der Waals surface area (Å²) in [5, 5.41) is 15.6. The summed E-state index contributed by atoms with van der Waals surface area (Å²) in [6.45, 7) is 0. The van der Waals surface area contributed by atoms with E-state index in [0.717, 1.165) is 31.2 Å². The zero-order valence-electron chi connectivity index (χ0n) is 13.4. The number of azide groups is 1. The molecule has 4 saturated carbocycles. The van der Waals surface area contributed by atoms with Crippen LogP contribution in [-0.2, 0) is 4.74 Å². The molecular formula is C18H23N3O2. The summed E-state index contributed by atoms with van der Waals surface area (Å²) in [6.07, 6.45) is 4.62. The molecule has 0 amide bonds. The van der Waals surface area contributed by atoms with Crippen molar-refractivity contribution in [1.29, 1.82) is 0 Å². The van der Waals surface area contributed by atoms with Crippen molar-refractivity contribution in [2.45, 2.75) is 49.3 Å². The zero-order valence-corrected chi connectivity index (χ0v) is 13.4. The Bertz CT molecular complexity index is 645. The zero-order chi connectivity index (χ0) is 16.1. The molecule has 0 radical (unpaired) electrons. The summed E-state index contributed by atoms with van der Waals surface area (Å²) < 4.78 is 5.85. The van der Waals surface area contributed by atoms with Gasteiger partial charge in [-0.2, -0.15) is 0 Å². The van der Waals surface area contributed by atoms with Crippen molar-refractivity contribution >= 4 is 0 Å². The third-order valence-corrected chi connectivity index (χ3v) is 6.42. The minimum absolute atomic E-state index is 0.0133. The van der Waals surface area contributed by atoms with Crippen molar-refractivity contribution in [2.75, 3.05) is 7.11 Å². The second kappa shape index (κ2) is 5.23. The van der Waals surface area contributed by atoms with Gasteiger partial charge in [-0.25, -0.2) is 0 Å². The molecule has 4 fully saturated rings. The number of ether oxygens (including phenoxy) is 1. The lowest BCUT2D eigenvalue weighted by Crippen LogP contribution is -2.65. The number of aliphatic hydroxyl groups is 1. The highest BCUT2D eigenvalue weighted by molar-refractivity contribution is 5.25. The van der Waals surface area contributed by atoms with E-state index in [1.54, 1.807) is 7.11 Å². The van der Waals surface area contributed by atoms with E-state index in [-0.39, 0.29) is 17.6 Å². The fourth-order valence-electron chi connectivity index (χ4n) is 5.92. The number of rotatable bonds is 4. The van der Waals surface area contributed by atoms with E-state index in [2.05, 4.69) is 10.0 Å². The van der Waals surface area contributed by atoms with Crippen LogP contribution in [0.3, 0.4) is 0 Å². The number of hydrogen-bond acceptors (Lipinski definition) is 3. The highest BCUT2D eigenvalue weighted by atomic mass is 16.5. The third-order valence-electron chi connectivity index (χ3n) is 6.42. The summed E-state index contributed by atoms with van der Waals surface area (Å²) in [4.78, 5) is 3.10. The van der Waals surface area contributed by atoms with Gasteiger partial charge in [0.25, 0.3) is 0 Å². The van der Waals surface area contributed by atoms with Crippen molar-refractivity contribution in [1.82, 2.24) is 0 Å². The quantitative estimate of drug-likeness (QED) is 0.518. The minimum Gasteiger partial charge on any atom is -0.389 e. The van der Waals surface area contributed by atoms with Crippen molar-refractivity contribution in [3.05, 3.63) is 46.3 Å². The Balaban J connectivity index is 1.75. The molecule has 4 bridgehead atoms. The second-order valence-electron chi connectivity index (χ2n) is 7.73. The van der Waals surface area contributed by atoms with Crippen LogP contribution in [0.2, 0.25) is 0 Å². The molecule has 5 rings (SSSR count). The summed E-state index contributed by atoms with van der Waals surface area (Å²) >= 11 is 0. The largest absolute Gasteiger partial charge is 0.389 e. The van der Waals surface area contributed by atoms with Gasteiger partial charge in [0.1, 0.15) is 0 Å². The fourth-order valence-corrected chi connectivity index (χ4v) is 5.92. The number of methoxy groups -OCH3 is 1. The van der Waals surface area contributed by atoms with E-state index in [0.29, 0.717) is 18.3 Å². The molecule has 2 unspecified atom stereocenters. The van der Waals surface area contributed by atoms with E-state index in [9.17, 15) is 5.11 Å². The molecule has 4 aliphatic carbocycles. The molecule has 1 aromatic carbocycles. The van der Waals surface area contributed by atoms with Crippen LogP contribution in [0.4, 0.5) is 0 Å². The molecule has 5 nitrogen and oxygen atoms in total. The lowest BCUT2D eigenvalue weighted by Gasteiger charge is -2.64. The van der Waals surface area contributed by atoms with E-state index < -0.39 is 5.60 Å². The van der Waals surface area contributed by atoms with Crippen LogP contribution in [0.15, 0.2) is 35.4 Å². The van der Waals surface area contributed by atoms with Gasteiger partial charge in [-0.3, -0.25) is 0 Å². The maximum Gasteiger partial charge on any atom is 0.0715 e. The molecule has 0 aliphatic heterocycles. The Labute approximate surface area is 136 Å². The molecule has 4 aliphatic rings. The van der Waals surface area contributed by atoms with Gasteiger partial charge >= 0.3 is 0 Å². The Morgan fingerprint density at radius 1 is 1.30 bits per heavy atom. The second-order valence-corrected chi connectivity index (χ2v) is 7.73. The van der Waals surface area contributed by atoms with Crippen LogP contribution in [0.1, 0.15) is 43.7 Å². The van der Waals surface area contributed by atoms with Gasteiger partial charge < -0.3 is 9.84 Å². The Hall–Kier alpha value is -1.55. The van der Waals surface area contributed by atoms with E-state index in [1.165, 1.54) is 0 Å². The molecular weight excluding hydrogens is 290 g/mol. The van der Waals surface area contributed by atoms with Crippen molar-refractivity contribution in [3.63, 3.8) is 0 Å². The molecule has 122 valence electrons. The van der Waals surface area contributed by atoms with Crippen molar-refractivity contribution in [2.24, 2.45) is 22.9 Å². The summed E-state index contributed by atoms with van der Waals surface area (Å²) in [6, 6.07) is 9.59. The van der Waals surface area contributed by atoms with Gasteiger partial charge in [0, 0.05) is 24.4 Å². The summed E-state index contributed by atoms with van der Waals surface area (Å²) in [5.41, 5.74) is 9.13. The van der Waals surface area contributed by atoms with Crippen LogP contribution in [0.5, 0.6) is 0 Å². The first-order valence-corrected chi connectivity index (χ1v) is 8.46. The summed E-state index contributed by atoms with van der Waals surface area (Å²) in [7, 11) is 1.77. The highest BCUT2D eigenvalue weighted by Gasteiger charge is 2.63. The van der Waals surface area contributed by atoms with E-state index >= 15 is 0 Å². The fraction of sp³-hybridized carbons (Fsp3) is 0.667. The van der Waals surface area contributed by atoms with Gasteiger partial charge in [0.05, 0.1) is 17.2 Å². The minimum atomic E-state index is -0.783. The lowest BCUT2D eigenvalue weighted by atomic mass is 9.46. The first-order chi connectivity index (χ1) is 11.1.